The first-order valence-corrected chi connectivity index (χ1v) is 11.2. The number of pyridine rings is 3. The summed E-state index contributed by atoms with van der Waals surface area (Å²) in [5.41, 5.74) is 5.44. The molecule has 4 heterocycles. The average molecular weight is 475 g/mol. The van der Waals surface area contributed by atoms with Crippen LogP contribution in [0.1, 0.15) is 19.5 Å². The zero-order valence-electron chi connectivity index (χ0n) is 20.3. The second kappa shape index (κ2) is 8.64. The molecule has 36 heavy (non-hydrogen) atoms. The molecule has 0 aliphatic heterocycles. The molecule has 0 saturated heterocycles. The van der Waals surface area contributed by atoms with Gasteiger partial charge in [0.1, 0.15) is 0 Å². The number of nitrogens with zero attached hydrogens (tertiary/aromatic N) is 8. The SMILES string of the molecule is COc1ccc(-c2ccc3ncc4c(c3c2)n(-c2ccc(C(C)(C)C#N)nc2)/c(=N\C#N)n4C)cn1. The van der Waals surface area contributed by atoms with E-state index in [0.717, 1.165) is 38.8 Å². The molecule has 4 aromatic heterocycles. The molecule has 5 rings (SSSR count). The van der Waals surface area contributed by atoms with Gasteiger partial charge in [0.15, 0.2) is 0 Å². The maximum atomic E-state index is 9.49. The Bertz CT molecular complexity index is 1760. The van der Waals surface area contributed by atoms with E-state index in [9.17, 15) is 10.5 Å². The average Bonchev–Trinajstić information content (AvgIpc) is 3.20. The Morgan fingerprint density at radius 2 is 1.75 bits per heavy atom. The highest BCUT2D eigenvalue weighted by Crippen LogP contribution is 2.30. The third-order valence-corrected chi connectivity index (χ3v) is 6.26. The summed E-state index contributed by atoms with van der Waals surface area (Å²) < 4.78 is 8.92. The minimum absolute atomic E-state index is 0.437. The van der Waals surface area contributed by atoms with Crippen molar-refractivity contribution in [3.8, 4) is 35.0 Å². The van der Waals surface area contributed by atoms with Gasteiger partial charge in [-0.1, -0.05) is 6.07 Å². The number of rotatable bonds is 4. The maximum Gasteiger partial charge on any atom is 0.226 e. The van der Waals surface area contributed by atoms with Gasteiger partial charge in [-0.25, -0.2) is 4.98 Å². The molecule has 176 valence electrons. The molecule has 5 aromatic rings. The smallest absolute Gasteiger partial charge is 0.226 e. The van der Waals surface area contributed by atoms with Crippen LogP contribution in [0.5, 0.6) is 5.88 Å². The molecule has 0 atom stereocenters. The zero-order valence-corrected chi connectivity index (χ0v) is 20.3. The molecule has 0 bridgehead atoms. The fraction of sp³-hybridized carbons (Fsp3) is 0.185. The van der Waals surface area contributed by atoms with Crippen molar-refractivity contribution in [2.24, 2.45) is 12.0 Å². The molecule has 0 N–H and O–H groups in total. The lowest BCUT2D eigenvalue weighted by Gasteiger charge is -2.15. The summed E-state index contributed by atoms with van der Waals surface area (Å²) in [6.07, 6.45) is 7.16. The van der Waals surface area contributed by atoms with Crippen LogP contribution in [0.2, 0.25) is 0 Å². The fourth-order valence-electron chi connectivity index (χ4n) is 4.22. The topological polar surface area (TPSA) is 118 Å². The first kappa shape index (κ1) is 22.8. The van der Waals surface area contributed by atoms with Crippen molar-refractivity contribution in [2.45, 2.75) is 19.3 Å². The Balaban J connectivity index is 1.81. The summed E-state index contributed by atoms with van der Waals surface area (Å²) >= 11 is 0. The molecule has 0 spiro atoms. The third-order valence-electron chi connectivity index (χ3n) is 6.26. The summed E-state index contributed by atoms with van der Waals surface area (Å²) in [6.45, 7) is 3.65. The molecular weight excluding hydrogens is 452 g/mol. The summed E-state index contributed by atoms with van der Waals surface area (Å²) in [7, 11) is 3.43. The number of aryl methyl sites for hydroxylation is 1. The predicted molar refractivity (Wildman–Crippen MR) is 135 cm³/mol. The number of benzene rings is 1. The highest BCUT2D eigenvalue weighted by molar-refractivity contribution is 6.04. The Labute approximate surface area is 207 Å². The molecular formula is C27H22N8O. The zero-order chi connectivity index (χ0) is 25.4. The molecule has 0 saturated carbocycles. The van der Waals surface area contributed by atoms with Crippen molar-refractivity contribution >= 4 is 21.9 Å². The van der Waals surface area contributed by atoms with Gasteiger partial charge in [-0.3, -0.25) is 14.5 Å². The van der Waals surface area contributed by atoms with Crippen LogP contribution in [-0.4, -0.2) is 31.2 Å². The van der Waals surface area contributed by atoms with Crippen molar-refractivity contribution in [3.63, 3.8) is 0 Å². The number of nitriles is 2. The summed E-state index contributed by atoms with van der Waals surface area (Å²) in [6, 6.07) is 15.8. The van der Waals surface area contributed by atoms with Crippen LogP contribution in [0.3, 0.4) is 0 Å². The van der Waals surface area contributed by atoms with Crippen molar-refractivity contribution in [1.82, 2.24) is 24.1 Å². The first-order valence-electron chi connectivity index (χ1n) is 11.2. The Morgan fingerprint density at radius 1 is 0.944 bits per heavy atom. The Hall–Kier alpha value is -5.02. The van der Waals surface area contributed by atoms with E-state index in [2.05, 4.69) is 32.1 Å². The van der Waals surface area contributed by atoms with Gasteiger partial charge < -0.3 is 9.30 Å². The van der Waals surface area contributed by atoms with E-state index < -0.39 is 5.41 Å². The molecule has 0 amide bonds. The van der Waals surface area contributed by atoms with Crippen molar-refractivity contribution in [3.05, 3.63) is 72.4 Å². The van der Waals surface area contributed by atoms with E-state index in [1.165, 1.54) is 0 Å². The fourth-order valence-corrected chi connectivity index (χ4v) is 4.22. The predicted octanol–water partition coefficient (Wildman–Crippen LogP) is 4.17. The monoisotopic (exact) mass is 474 g/mol. The minimum Gasteiger partial charge on any atom is -0.481 e. The molecule has 0 aliphatic rings. The first-order chi connectivity index (χ1) is 17.4. The molecule has 0 unspecified atom stereocenters. The molecule has 9 heteroatoms. The van der Waals surface area contributed by atoms with Crippen molar-refractivity contribution in [2.75, 3.05) is 7.11 Å². The van der Waals surface area contributed by atoms with Crippen molar-refractivity contribution < 1.29 is 4.74 Å². The molecule has 9 nitrogen and oxygen atoms in total. The summed E-state index contributed by atoms with van der Waals surface area (Å²) in [5, 5.41) is 19.8. The van der Waals surface area contributed by atoms with E-state index >= 15 is 0 Å². The van der Waals surface area contributed by atoms with E-state index in [1.54, 1.807) is 25.7 Å². The number of hydrogen-bond donors (Lipinski definition) is 0. The number of fused-ring (bicyclic) bond motifs is 3. The van der Waals surface area contributed by atoms with Gasteiger partial charge in [-0.2, -0.15) is 10.5 Å². The second-order valence-corrected chi connectivity index (χ2v) is 8.86. The minimum atomic E-state index is -0.722. The lowest BCUT2D eigenvalue weighted by atomic mass is 9.91. The van der Waals surface area contributed by atoms with Crippen molar-refractivity contribution in [1.29, 1.82) is 10.5 Å². The lowest BCUT2D eigenvalue weighted by Crippen LogP contribution is -2.23. The van der Waals surface area contributed by atoms with Gasteiger partial charge in [0.05, 0.1) is 58.9 Å². The van der Waals surface area contributed by atoms with Crippen LogP contribution in [0.25, 0.3) is 38.8 Å². The van der Waals surface area contributed by atoms with Gasteiger partial charge >= 0.3 is 0 Å². The van der Waals surface area contributed by atoms with Gasteiger partial charge in [-0.15, -0.1) is 4.99 Å². The third kappa shape index (κ3) is 3.64. The van der Waals surface area contributed by atoms with E-state index in [1.807, 2.05) is 72.6 Å². The van der Waals surface area contributed by atoms with Crippen LogP contribution in [0.4, 0.5) is 0 Å². The van der Waals surface area contributed by atoms with Gasteiger partial charge in [0.2, 0.25) is 17.7 Å². The highest BCUT2D eigenvalue weighted by Gasteiger charge is 2.22. The highest BCUT2D eigenvalue weighted by atomic mass is 16.5. The summed E-state index contributed by atoms with van der Waals surface area (Å²) in [4.78, 5) is 17.7. The number of imidazole rings is 1. The Kier molecular flexibility index (Phi) is 5.46. The molecule has 0 fully saturated rings. The van der Waals surface area contributed by atoms with Crippen LogP contribution >= 0.6 is 0 Å². The maximum absolute atomic E-state index is 9.49. The number of ether oxygens (including phenoxy) is 1. The Morgan fingerprint density at radius 3 is 2.39 bits per heavy atom. The van der Waals surface area contributed by atoms with Gasteiger partial charge in [0.25, 0.3) is 0 Å². The number of methoxy groups -OCH3 is 1. The van der Waals surface area contributed by atoms with Crippen LogP contribution in [0, 0.1) is 22.8 Å². The van der Waals surface area contributed by atoms with Crippen LogP contribution < -0.4 is 10.4 Å². The van der Waals surface area contributed by atoms with E-state index in [0.29, 0.717) is 17.2 Å². The molecule has 1 aromatic carbocycles. The van der Waals surface area contributed by atoms with Crippen LogP contribution in [0.15, 0.2) is 66.0 Å². The molecule has 0 radical (unpaired) electrons. The standard InChI is InChI=1S/C27H22N8O/c1-27(2,15-28)23-9-7-19(13-31-23)35-25-20-11-17(18-6-10-24(36-4)32-12-18)5-8-21(20)30-14-22(25)34(3)26(35)33-16-29/h5-14H,1-4H3/b33-26-. The summed E-state index contributed by atoms with van der Waals surface area (Å²) in [5.74, 6) is 0.544. The lowest BCUT2D eigenvalue weighted by molar-refractivity contribution is 0.398. The largest absolute Gasteiger partial charge is 0.481 e. The van der Waals surface area contributed by atoms with Gasteiger partial charge in [-0.05, 0) is 49.7 Å². The number of hydrogen-bond acceptors (Lipinski definition) is 7. The van der Waals surface area contributed by atoms with E-state index in [-0.39, 0.29) is 0 Å². The molecule has 0 aliphatic carbocycles. The number of aromatic nitrogens is 5. The van der Waals surface area contributed by atoms with Gasteiger partial charge in [0, 0.05) is 30.3 Å². The quantitative estimate of drug-likeness (QED) is 0.361. The second-order valence-electron chi connectivity index (χ2n) is 8.86. The normalized spacial score (nSPS) is 12.0. The van der Waals surface area contributed by atoms with Crippen LogP contribution in [-0.2, 0) is 12.5 Å². The van der Waals surface area contributed by atoms with E-state index in [4.69, 9.17) is 4.74 Å².